The topological polar surface area (TPSA) is 92.4 Å². The van der Waals surface area contributed by atoms with Gasteiger partial charge < -0.3 is 16.2 Å². The average Bonchev–Trinajstić information content (AvgIpc) is 2.50. The van der Waals surface area contributed by atoms with Gasteiger partial charge in [-0.2, -0.15) is 0 Å². The summed E-state index contributed by atoms with van der Waals surface area (Å²) in [6, 6.07) is 0. The number of carboxylic acids is 1. The molecule has 2 aliphatic carbocycles. The summed E-state index contributed by atoms with van der Waals surface area (Å²) in [4.78, 5) is 24.5. The van der Waals surface area contributed by atoms with Crippen molar-refractivity contribution in [1.29, 1.82) is 0 Å². The van der Waals surface area contributed by atoms with Gasteiger partial charge in [0, 0.05) is 6.54 Å². The van der Waals surface area contributed by atoms with Gasteiger partial charge in [0.25, 0.3) is 0 Å². The fraction of sp³-hybridized carbons (Fsp3) is 0.875. The van der Waals surface area contributed by atoms with E-state index in [1.165, 1.54) is 0 Å². The van der Waals surface area contributed by atoms with Crippen LogP contribution in [0.2, 0.25) is 0 Å². The SMILES string of the molecule is CC1CCC(NC(=O)C2(CN)CCCCC2)(C(=O)O)CC1. The summed E-state index contributed by atoms with van der Waals surface area (Å²) in [5.41, 5.74) is 4.25. The van der Waals surface area contributed by atoms with Crippen LogP contribution in [0.1, 0.15) is 64.7 Å². The molecule has 0 aromatic carbocycles. The Hall–Kier alpha value is -1.10. The van der Waals surface area contributed by atoms with Crippen molar-refractivity contribution in [2.24, 2.45) is 17.1 Å². The minimum absolute atomic E-state index is 0.137. The largest absolute Gasteiger partial charge is 0.480 e. The minimum atomic E-state index is -1.08. The molecule has 5 nitrogen and oxygen atoms in total. The van der Waals surface area contributed by atoms with Gasteiger partial charge in [-0.25, -0.2) is 4.79 Å². The molecule has 0 aromatic heterocycles. The number of nitrogens with one attached hydrogen (secondary N) is 1. The van der Waals surface area contributed by atoms with Crippen molar-refractivity contribution >= 4 is 11.9 Å². The molecule has 5 heteroatoms. The summed E-state index contributed by atoms with van der Waals surface area (Å²) in [7, 11) is 0. The molecule has 0 aliphatic heterocycles. The summed E-state index contributed by atoms with van der Waals surface area (Å²) in [5.74, 6) is -0.500. The fourth-order valence-corrected chi connectivity index (χ4v) is 3.75. The van der Waals surface area contributed by atoms with E-state index >= 15 is 0 Å². The Balaban J connectivity index is 2.12. The highest BCUT2D eigenvalue weighted by molar-refractivity contribution is 5.90. The third-order valence-electron chi connectivity index (χ3n) is 5.57. The predicted octanol–water partition coefficient (Wildman–Crippen LogP) is 2.05. The molecule has 0 spiro atoms. The van der Waals surface area contributed by atoms with Crippen molar-refractivity contribution in [1.82, 2.24) is 5.32 Å². The zero-order chi connectivity index (χ0) is 15.5. The van der Waals surface area contributed by atoms with Gasteiger partial charge in [0.2, 0.25) is 5.91 Å². The number of rotatable bonds is 4. The van der Waals surface area contributed by atoms with E-state index in [-0.39, 0.29) is 5.91 Å². The standard InChI is InChI=1S/C16H28N2O3/c1-12-5-9-16(10-6-12,14(20)21)18-13(19)15(11-17)7-3-2-4-8-15/h12H,2-11,17H2,1H3,(H,18,19)(H,20,21). The highest BCUT2D eigenvalue weighted by Gasteiger charge is 2.47. The summed E-state index contributed by atoms with van der Waals surface area (Å²) >= 11 is 0. The van der Waals surface area contributed by atoms with E-state index in [2.05, 4.69) is 12.2 Å². The molecule has 2 fully saturated rings. The van der Waals surface area contributed by atoms with Crippen LogP contribution in [0.5, 0.6) is 0 Å². The number of carbonyl (C=O) groups excluding carboxylic acids is 1. The van der Waals surface area contributed by atoms with Crippen molar-refractivity contribution in [3.8, 4) is 0 Å². The third kappa shape index (κ3) is 3.23. The molecule has 0 heterocycles. The van der Waals surface area contributed by atoms with Gasteiger partial charge in [0.1, 0.15) is 5.54 Å². The van der Waals surface area contributed by atoms with Gasteiger partial charge >= 0.3 is 5.97 Å². The normalized spacial score (nSPS) is 32.4. The maximum absolute atomic E-state index is 12.8. The van der Waals surface area contributed by atoms with Crippen LogP contribution in [0.25, 0.3) is 0 Å². The van der Waals surface area contributed by atoms with E-state index in [0.717, 1.165) is 44.9 Å². The molecule has 1 amide bonds. The van der Waals surface area contributed by atoms with E-state index in [9.17, 15) is 14.7 Å². The predicted molar refractivity (Wildman–Crippen MR) is 80.7 cm³/mol. The first-order chi connectivity index (χ1) is 9.94. The summed E-state index contributed by atoms with van der Waals surface area (Å²) in [5, 5.41) is 12.5. The maximum atomic E-state index is 12.8. The number of carbonyl (C=O) groups is 2. The number of nitrogens with two attached hydrogens (primary N) is 1. The molecule has 0 saturated heterocycles. The molecule has 0 bridgehead atoms. The fourth-order valence-electron chi connectivity index (χ4n) is 3.75. The Morgan fingerprint density at radius 1 is 1.14 bits per heavy atom. The van der Waals surface area contributed by atoms with E-state index in [1.807, 2.05) is 0 Å². The van der Waals surface area contributed by atoms with Crippen molar-refractivity contribution in [2.45, 2.75) is 70.3 Å². The van der Waals surface area contributed by atoms with Crippen LogP contribution >= 0.6 is 0 Å². The zero-order valence-corrected chi connectivity index (χ0v) is 13.0. The second-order valence-corrected chi connectivity index (χ2v) is 7.07. The molecular weight excluding hydrogens is 268 g/mol. The zero-order valence-electron chi connectivity index (χ0n) is 13.0. The molecule has 2 rings (SSSR count). The van der Waals surface area contributed by atoms with E-state index < -0.39 is 16.9 Å². The molecule has 4 N–H and O–H groups in total. The highest BCUT2D eigenvalue weighted by atomic mass is 16.4. The second kappa shape index (κ2) is 6.34. The molecule has 0 aromatic rings. The molecule has 2 aliphatic rings. The molecule has 0 radical (unpaired) electrons. The van der Waals surface area contributed by atoms with Gasteiger partial charge in [0.05, 0.1) is 5.41 Å². The van der Waals surface area contributed by atoms with E-state index in [1.54, 1.807) is 0 Å². The monoisotopic (exact) mass is 296 g/mol. The Morgan fingerprint density at radius 2 is 1.71 bits per heavy atom. The maximum Gasteiger partial charge on any atom is 0.329 e. The first kappa shape index (κ1) is 16.3. The molecule has 120 valence electrons. The van der Waals surface area contributed by atoms with Crippen LogP contribution in [-0.4, -0.2) is 29.1 Å². The third-order valence-corrected chi connectivity index (χ3v) is 5.57. The van der Waals surface area contributed by atoms with Crippen molar-refractivity contribution in [2.75, 3.05) is 6.54 Å². The van der Waals surface area contributed by atoms with Crippen LogP contribution in [0.15, 0.2) is 0 Å². The number of aliphatic carboxylic acids is 1. The van der Waals surface area contributed by atoms with Crippen LogP contribution in [0, 0.1) is 11.3 Å². The van der Waals surface area contributed by atoms with Crippen LogP contribution in [-0.2, 0) is 9.59 Å². The molecular formula is C16H28N2O3. The number of hydrogen-bond acceptors (Lipinski definition) is 3. The van der Waals surface area contributed by atoms with Crippen LogP contribution in [0.3, 0.4) is 0 Å². The molecule has 0 unspecified atom stereocenters. The quantitative estimate of drug-likeness (QED) is 0.740. The van der Waals surface area contributed by atoms with Crippen LogP contribution in [0.4, 0.5) is 0 Å². The van der Waals surface area contributed by atoms with Gasteiger partial charge in [-0.15, -0.1) is 0 Å². The lowest BCUT2D eigenvalue weighted by atomic mass is 9.71. The minimum Gasteiger partial charge on any atom is -0.480 e. The highest BCUT2D eigenvalue weighted by Crippen LogP contribution is 2.38. The first-order valence-electron chi connectivity index (χ1n) is 8.20. The van der Waals surface area contributed by atoms with Crippen LogP contribution < -0.4 is 11.1 Å². The number of hydrogen-bond donors (Lipinski definition) is 3. The Kier molecular flexibility index (Phi) is 4.91. The molecule has 2 saturated carbocycles. The molecule has 21 heavy (non-hydrogen) atoms. The summed E-state index contributed by atoms with van der Waals surface area (Å²) in [6.07, 6.45) is 7.44. The lowest BCUT2D eigenvalue weighted by Gasteiger charge is -2.41. The van der Waals surface area contributed by atoms with E-state index in [0.29, 0.717) is 25.3 Å². The smallest absolute Gasteiger partial charge is 0.329 e. The average molecular weight is 296 g/mol. The summed E-state index contributed by atoms with van der Waals surface area (Å²) in [6.45, 7) is 2.45. The Morgan fingerprint density at radius 3 is 2.19 bits per heavy atom. The Labute approximate surface area is 126 Å². The summed E-state index contributed by atoms with van der Waals surface area (Å²) < 4.78 is 0. The number of amides is 1. The number of carboxylic acid groups (broad SMARTS) is 1. The van der Waals surface area contributed by atoms with Crippen molar-refractivity contribution in [3.63, 3.8) is 0 Å². The molecule has 0 atom stereocenters. The van der Waals surface area contributed by atoms with Gasteiger partial charge in [-0.3, -0.25) is 4.79 Å². The Bertz CT molecular complexity index is 394. The van der Waals surface area contributed by atoms with Gasteiger partial charge in [0.15, 0.2) is 0 Å². The second-order valence-electron chi connectivity index (χ2n) is 7.07. The first-order valence-corrected chi connectivity index (χ1v) is 8.20. The van der Waals surface area contributed by atoms with E-state index in [4.69, 9.17) is 5.73 Å². The lowest BCUT2D eigenvalue weighted by molar-refractivity contribution is -0.152. The van der Waals surface area contributed by atoms with Crippen molar-refractivity contribution in [3.05, 3.63) is 0 Å². The van der Waals surface area contributed by atoms with Gasteiger partial charge in [-0.1, -0.05) is 26.2 Å². The van der Waals surface area contributed by atoms with Crippen molar-refractivity contribution < 1.29 is 14.7 Å². The lowest BCUT2D eigenvalue weighted by Crippen LogP contribution is -2.61. The van der Waals surface area contributed by atoms with Gasteiger partial charge in [-0.05, 0) is 44.4 Å².